The molecule has 0 saturated heterocycles. The van der Waals surface area contributed by atoms with Gasteiger partial charge in [-0.2, -0.15) is 5.26 Å². The number of carboxylic acid groups (broad SMARTS) is 1. The van der Waals surface area contributed by atoms with Crippen LogP contribution in [0.3, 0.4) is 0 Å². The van der Waals surface area contributed by atoms with E-state index in [1.54, 1.807) is 12.1 Å². The number of hydrogen-bond acceptors (Lipinski definition) is 3. The zero-order valence-electron chi connectivity index (χ0n) is 8.81. The minimum absolute atomic E-state index is 0.316. The van der Waals surface area contributed by atoms with E-state index < -0.39 is 5.97 Å². The van der Waals surface area contributed by atoms with E-state index in [0.717, 1.165) is 30.6 Å². The summed E-state index contributed by atoms with van der Waals surface area (Å²) in [4.78, 5) is 13.0. The molecule has 1 aliphatic heterocycles. The molecule has 2 rings (SSSR count). The molecule has 1 N–H and O–H groups in total. The SMILES string of the molecule is N#CCN1CCCc2c(C(=O)O)cccc21. The molecule has 0 spiro atoms. The maximum atomic E-state index is 11.1. The van der Waals surface area contributed by atoms with E-state index in [9.17, 15) is 4.79 Å². The number of nitrogens with zero attached hydrogens (tertiary/aromatic N) is 2. The topological polar surface area (TPSA) is 64.3 Å². The van der Waals surface area contributed by atoms with Crippen molar-refractivity contribution in [2.24, 2.45) is 0 Å². The zero-order valence-corrected chi connectivity index (χ0v) is 8.81. The minimum Gasteiger partial charge on any atom is -0.478 e. The third kappa shape index (κ3) is 1.72. The van der Waals surface area contributed by atoms with Gasteiger partial charge in [-0.15, -0.1) is 0 Å². The monoisotopic (exact) mass is 216 g/mol. The minimum atomic E-state index is -0.893. The van der Waals surface area contributed by atoms with Crippen LogP contribution in [0.15, 0.2) is 18.2 Å². The number of carboxylic acids is 1. The van der Waals surface area contributed by atoms with Crippen LogP contribution in [-0.4, -0.2) is 24.2 Å². The Labute approximate surface area is 93.7 Å². The number of aromatic carboxylic acids is 1. The lowest BCUT2D eigenvalue weighted by molar-refractivity contribution is 0.0695. The zero-order chi connectivity index (χ0) is 11.5. The van der Waals surface area contributed by atoms with Crippen LogP contribution in [0.25, 0.3) is 0 Å². The standard InChI is InChI=1S/C12H12N2O2/c13-6-8-14-7-2-4-9-10(12(15)16)3-1-5-11(9)14/h1,3,5H,2,4,7-8H2,(H,15,16). The van der Waals surface area contributed by atoms with E-state index in [4.69, 9.17) is 10.4 Å². The molecule has 0 aromatic heterocycles. The Bertz CT molecular complexity index is 463. The highest BCUT2D eigenvalue weighted by Gasteiger charge is 2.21. The smallest absolute Gasteiger partial charge is 0.336 e. The van der Waals surface area contributed by atoms with Crippen molar-refractivity contribution in [1.82, 2.24) is 0 Å². The summed E-state index contributed by atoms with van der Waals surface area (Å²) < 4.78 is 0. The van der Waals surface area contributed by atoms with E-state index in [2.05, 4.69) is 6.07 Å². The van der Waals surface area contributed by atoms with Crippen molar-refractivity contribution in [3.63, 3.8) is 0 Å². The molecule has 0 radical (unpaired) electrons. The second-order valence-corrected chi connectivity index (χ2v) is 3.79. The second kappa shape index (κ2) is 4.23. The lowest BCUT2D eigenvalue weighted by Gasteiger charge is -2.29. The molecule has 0 saturated carbocycles. The molecule has 0 atom stereocenters. The van der Waals surface area contributed by atoms with Gasteiger partial charge in [0.1, 0.15) is 6.54 Å². The van der Waals surface area contributed by atoms with Gasteiger partial charge in [0.05, 0.1) is 11.6 Å². The van der Waals surface area contributed by atoms with Gasteiger partial charge < -0.3 is 10.0 Å². The largest absolute Gasteiger partial charge is 0.478 e. The van der Waals surface area contributed by atoms with E-state index >= 15 is 0 Å². The molecule has 0 fully saturated rings. The highest BCUT2D eigenvalue weighted by molar-refractivity contribution is 5.91. The summed E-state index contributed by atoms with van der Waals surface area (Å²) in [6.45, 7) is 1.14. The van der Waals surface area contributed by atoms with Crippen LogP contribution in [0.2, 0.25) is 0 Å². The average Bonchev–Trinajstić information content (AvgIpc) is 2.29. The maximum Gasteiger partial charge on any atom is 0.336 e. The summed E-state index contributed by atoms with van der Waals surface area (Å²) in [5.74, 6) is -0.893. The molecule has 0 unspecified atom stereocenters. The lowest BCUT2D eigenvalue weighted by atomic mass is 9.96. The molecule has 0 amide bonds. The summed E-state index contributed by atoms with van der Waals surface area (Å²) in [7, 11) is 0. The van der Waals surface area contributed by atoms with E-state index in [1.165, 1.54) is 0 Å². The predicted molar refractivity (Wildman–Crippen MR) is 59.5 cm³/mol. The Morgan fingerprint density at radius 3 is 3.06 bits per heavy atom. The molecule has 1 heterocycles. The molecule has 4 heteroatoms. The van der Waals surface area contributed by atoms with Crippen LogP contribution in [0.1, 0.15) is 22.3 Å². The van der Waals surface area contributed by atoms with Gasteiger partial charge >= 0.3 is 5.97 Å². The first-order valence-corrected chi connectivity index (χ1v) is 5.21. The number of benzene rings is 1. The third-order valence-corrected chi connectivity index (χ3v) is 2.84. The van der Waals surface area contributed by atoms with Crippen LogP contribution >= 0.6 is 0 Å². The number of anilines is 1. The van der Waals surface area contributed by atoms with Gasteiger partial charge in [-0.3, -0.25) is 0 Å². The van der Waals surface area contributed by atoms with Crippen molar-refractivity contribution in [2.75, 3.05) is 18.0 Å². The van der Waals surface area contributed by atoms with Gasteiger partial charge in [0, 0.05) is 12.2 Å². The number of nitriles is 1. The number of hydrogen-bond donors (Lipinski definition) is 1. The Hall–Kier alpha value is -2.02. The summed E-state index contributed by atoms with van der Waals surface area (Å²) in [5.41, 5.74) is 2.12. The van der Waals surface area contributed by atoms with Gasteiger partial charge in [-0.25, -0.2) is 4.79 Å². The van der Waals surface area contributed by atoms with Crippen molar-refractivity contribution >= 4 is 11.7 Å². The van der Waals surface area contributed by atoms with Crippen molar-refractivity contribution in [2.45, 2.75) is 12.8 Å². The van der Waals surface area contributed by atoms with Gasteiger partial charge in [-0.05, 0) is 30.5 Å². The molecule has 16 heavy (non-hydrogen) atoms. The molecule has 82 valence electrons. The molecule has 4 nitrogen and oxygen atoms in total. The average molecular weight is 216 g/mol. The number of carbonyl (C=O) groups is 1. The summed E-state index contributed by atoms with van der Waals surface area (Å²) in [6, 6.07) is 7.35. The summed E-state index contributed by atoms with van der Waals surface area (Å²) >= 11 is 0. The van der Waals surface area contributed by atoms with Crippen molar-refractivity contribution in [3.05, 3.63) is 29.3 Å². The van der Waals surface area contributed by atoms with Crippen LogP contribution in [-0.2, 0) is 6.42 Å². The number of fused-ring (bicyclic) bond motifs is 1. The van der Waals surface area contributed by atoms with E-state index in [-0.39, 0.29) is 0 Å². The van der Waals surface area contributed by atoms with Crippen LogP contribution in [0, 0.1) is 11.3 Å². The van der Waals surface area contributed by atoms with Crippen LogP contribution in [0.5, 0.6) is 0 Å². The molecule has 0 bridgehead atoms. The van der Waals surface area contributed by atoms with Crippen molar-refractivity contribution in [3.8, 4) is 6.07 Å². The quantitative estimate of drug-likeness (QED) is 0.763. The first-order valence-electron chi connectivity index (χ1n) is 5.21. The Kier molecular flexibility index (Phi) is 2.78. The van der Waals surface area contributed by atoms with Crippen LogP contribution < -0.4 is 4.90 Å². The van der Waals surface area contributed by atoms with Crippen LogP contribution in [0.4, 0.5) is 5.69 Å². The van der Waals surface area contributed by atoms with Gasteiger partial charge in [0.25, 0.3) is 0 Å². The predicted octanol–water partition coefficient (Wildman–Crippen LogP) is 1.66. The summed E-state index contributed by atoms with van der Waals surface area (Å²) in [5, 5.41) is 17.8. The highest BCUT2D eigenvalue weighted by Crippen LogP contribution is 2.29. The Balaban J connectivity index is 2.47. The summed E-state index contributed by atoms with van der Waals surface area (Å²) in [6.07, 6.45) is 1.68. The van der Waals surface area contributed by atoms with Gasteiger partial charge in [-0.1, -0.05) is 6.07 Å². The maximum absolute atomic E-state index is 11.1. The van der Waals surface area contributed by atoms with E-state index in [1.807, 2.05) is 11.0 Å². The molecule has 0 aliphatic carbocycles. The van der Waals surface area contributed by atoms with Gasteiger partial charge in [0.2, 0.25) is 0 Å². The fraction of sp³-hybridized carbons (Fsp3) is 0.333. The normalized spacial score (nSPS) is 14.1. The molecular weight excluding hydrogens is 204 g/mol. The fourth-order valence-corrected chi connectivity index (χ4v) is 2.15. The first-order chi connectivity index (χ1) is 7.74. The fourth-order valence-electron chi connectivity index (χ4n) is 2.15. The number of rotatable bonds is 2. The van der Waals surface area contributed by atoms with Crippen molar-refractivity contribution in [1.29, 1.82) is 5.26 Å². The molecule has 1 aromatic carbocycles. The second-order valence-electron chi connectivity index (χ2n) is 3.79. The highest BCUT2D eigenvalue weighted by atomic mass is 16.4. The molecular formula is C12H12N2O2. The van der Waals surface area contributed by atoms with Gasteiger partial charge in [0.15, 0.2) is 0 Å². The first kappa shape index (κ1) is 10.5. The Morgan fingerprint density at radius 2 is 2.38 bits per heavy atom. The molecule has 1 aliphatic rings. The Morgan fingerprint density at radius 1 is 1.56 bits per heavy atom. The lowest BCUT2D eigenvalue weighted by Crippen LogP contribution is -2.30. The van der Waals surface area contributed by atoms with E-state index in [0.29, 0.717) is 12.1 Å². The third-order valence-electron chi connectivity index (χ3n) is 2.84. The van der Waals surface area contributed by atoms with Crippen molar-refractivity contribution < 1.29 is 9.90 Å². The molecule has 1 aromatic rings.